The molecule has 1 aromatic carbocycles. The van der Waals surface area contributed by atoms with Crippen molar-refractivity contribution in [1.82, 2.24) is 9.80 Å². The third-order valence-electron chi connectivity index (χ3n) is 4.08. The molecule has 0 aliphatic carbocycles. The van der Waals surface area contributed by atoms with Crippen LogP contribution >= 0.6 is 0 Å². The minimum absolute atomic E-state index is 0.151. The van der Waals surface area contributed by atoms with Crippen molar-refractivity contribution < 1.29 is 9.13 Å². The number of nitrogens with zero attached hydrogens (tertiary/aromatic N) is 2. The van der Waals surface area contributed by atoms with Gasteiger partial charge in [-0.1, -0.05) is 0 Å². The fraction of sp³-hybridized carbons (Fsp3) is 0.600. The number of ether oxygens (including phenoxy) is 1. The van der Waals surface area contributed by atoms with Gasteiger partial charge in [0.2, 0.25) is 0 Å². The lowest BCUT2D eigenvalue weighted by Gasteiger charge is -2.33. The minimum Gasteiger partial charge on any atom is -0.496 e. The summed E-state index contributed by atoms with van der Waals surface area (Å²) in [6.07, 6.45) is 1.12. The van der Waals surface area contributed by atoms with Gasteiger partial charge in [0.15, 0.2) is 0 Å². The molecule has 4 nitrogen and oxygen atoms in total. The fourth-order valence-corrected chi connectivity index (χ4v) is 2.87. The van der Waals surface area contributed by atoms with Crippen LogP contribution in [0.1, 0.15) is 18.0 Å². The van der Waals surface area contributed by atoms with Crippen LogP contribution in [0.4, 0.5) is 4.39 Å². The summed E-state index contributed by atoms with van der Waals surface area (Å²) < 4.78 is 18.9. The summed E-state index contributed by atoms with van der Waals surface area (Å²) in [5, 5.41) is 0. The van der Waals surface area contributed by atoms with Crippen molar-refractivity contribution in [3.05, 3.63) is 29.6 Å². The molecule has 2 N–H and O–H groups in total. The highest BCUT2D eigenvalue weighted by atomic mass is 19.1. The standard InChI is InChI=1S/C15H24FN3O/c1-18-7-4-8-19(2)13(10-18)15(17)12-9-11(16)5-6-14(12)20-3/h5-6,9,13,15H,4,7-8,10,17H2,1-3H3. The Kier molecular flexibility index (Phi) is 4.96. The van der Waals surface area contributed by atoms with Crippen LogP contribution in [0.5, 0.6) is 5.75 Å². The van der Waals surface area contributed by atoms with Crippen molar-refractivity contribution in [2.24, 2.45) is 5.73 Å². The largest absolute Gasteiger partial charge is 0.496 e. The molecule has 0 radical (unpaired) electrons. The van der Waals surface area contributed by atoms with Crippen molar-refractivity contribution >= 4 is 0 Å². The van der Waals surface area contributed by atoms with Gasteiger partial charge >= 0.3 is 0 Å². The first kappa shape index (κ1) is 15.2. The van der Waals surface area contributed by atoms with E-state index in [1.807, 2.05) is 0 Å². The van der Waals surface area contributed by atoms with E-state index in [4.69, 9.17) is 10.5 Å². The zero-order chi connectivity index (χ0) is 14.7. The van der Waals surface area contributed by atoms with E-state index in [2.05, 4.69) is 23.9 Å². The Hall–Kier alpha value is -1.17. The van der Waals surface area contributed by atoms with Crippen LogP contribution in [0.15, 0.2) is 18.2 Å². The highest BCUT2D eigenvalue weighted by molar-refractivity contribution is 5.37. The average Bonchev–Trinajstić information content (AvgIpc) is 2.59. The molecule has 1 fully saturated rings. The molecule has 0 bridgehead atoms. The number of rotatable bonds is 3. The van der Waals surface area contributed by atoms with Crippen molar-refractivity contribution in [3.8, 4) is 5.75 Å². The summed E-state index contributed by atoms with van der Waals surface area (Å²) in [5.41, 5.74) is 7.16. The molecule has 2 unspecified atom stereocenters. The van der Waals surface area contributed by atoms with Gasteiger partial charge in [0, 0.05) is 18.2 Å². The second-order valence-electron chi connectivity index (χ2n) is 5.58. The Morgan fingerprint density at radius 2 is 2.10 bits per heavy atom. The van der Waals surface area contributed by atoms with Gasteiger partial charge in [-0.05, 0) is 51.8 Å². The molecular formula is C15H24FN3O. The first-order valence-electron chi connectivity index (χ1n) is 7.00. The molecule has 2 atom stereocenters. The van der Waals surface area contributed by atoms with Gasteiger partial charge in [-0.15, -0.1) is 0 Å². The lowest BCUT2D eigenvalue weighted by Crippen LogP contribution is -2.45. The van der Waals surface area contributed by atoms with Crippen molar-refractivity contribution in [1.29, 1.82) is 0 Å². The molecule has 112 valence electrons. The molecule has 1 heterocycles. The molecule has 1 saturated heterocycles. The van der Waals surface area contributed by atoms with E-state index in [0.717, 1.165) is 31.6 Å². The highest BCUT2D eigenvalue weighted by Crippen LogP contribution is 2.29. The van der Waals surface area contributed by atoms with Crippen LogP contribution in [-0.4, -0.2) is 56.7 Å². The zero-order valence-corrected chi connectivity index (χ0v) is 12.5. The molecule has 0 amide bonds. The van der Waals surface area contributed by atoms with E-state index in [1.165, 1.54) is 12.1 Å². The molecule has 1 aromatic rings. The summed E-state index contributed by atoms with van der Waals surface area (Å²) in [7, 11) is 5.77. The molecular weight excluding hydrogens is 257 g/mol. The van der Waals surface area contributed by atoms with Gasteiger partial charge < -0.3 is 20.3 Å². The Bertz CT molecular complexity index is 455. The summed E-state index contributed by atoms with van der Waals surface area (Å²) in [5.74, 6) is 0.375. The third kappa shape index (κ3) is 3.29. The van der Waals surface area contributed by atoms with E-state index in [1.54, 1.807) is 13.2 Å². The molecule has 0 aromatic heterocycles. The summed E-state index contributed by atoms with van der Waals surface area (Å²) in [6, 6.07) is 4.41. The van der Waals surface area contributed by atoms with Gasteiger partial charge in [-0.25, -0.2) is 4.39 Å². The van der Waals surface area contributed by atoms with Gasteiger partial charge in [-0.3, -0.25) is 0 Å². The summed E-state index contributed by atoms with van der Waals surface area (Å²) >= 11 is 0. The number of hydrogen-bond acceptors (Lipinski definition) is 4. The lowest BCUT2D eigenvalue weighted by atomic mass is 9.97. The zero-order valence-electron chi connectivity index (χ0n) is 12.5. The Morgan fingerprint density at radius 1 is 1.35 bits per heavy atom. The second kappa shape index (κ2) is 6.52. The van der Waals surface area contributed by atoms with Crippen LogP contribution in [0.3, 0.4) is 0 Å². The molecule has 0 spiro atoms. The Balaban J connectivity index is 2.28. The lowest BCUT2D eigenvalue weighted by molar-refractivity contribution is 0.194. The van der Waals surface area contributed by atoms with Crippen molar-refractivity contribution in [2.75, 3.05) is 40.8 Å². The number of halogens is 1. The fourth-order valence-electron chi connectivity index (χ4n) is 2.87. The second-order valence-corrected chi connectivity index (χ2v) is 5.58. The van der Waals surface area contributed by atoms with Crippen LogP contribution in [0.25, 0.3) is 0 Å². The molecule has 0 saturated carbocycles. The predicted molar refractivity (Wildman–Crippen MR) is 78.4 cm³/mol. The van der Waals surface area contributed by atoms with Crippen molar-refractivity contribution in [2.45, 2.75) is 18.5 Å². The van der Waals surface area contributed by atoms with E-state index in [0.29, 0.717) is 5.75 Å². The smallest absolute Gasteiger partial charge is 0.123 e. The number of hydrogen-bond donors (Lipinski definition) is 1. The van der Waals surface area contributed by atoms with Crippen LogP contribution in [0.2, 0.25) is 0 Å². The maximum Gasteiger partial charge on any atom is 0.123 e. The quantitative estimate of drug-likeness (QED) is 0.911. The first-order valence-corrected chi connectivity index (χ1v) is 7.00. The number of nitrogens with two attached hydrogens (primary N) is 1. The van der Waals surface area contributed by atoms with Gasteiger partial charge in [-0.2, -0.15) is 0 Å². The van der Waals surface area contributed by atoms with Gasteiger partial charge in [0.05, 0.1) is 13.2 Å². The summed E-state index contributed by atoms with van der Waals surface area (Å²) in [4.78, 5) is 4.54. The topological polar surface area (TPSA) is 41.7 Å². The van der Waals surface area contributed by atoms with Crippen molar-refractivity contribution in [3.63, 3.8) is 0 Å². The third-order valence-corrected chi connectivity index (χ3v) is 4.08. The highest BCUT2D eigenvalue weighted by Gasteiger charge is 2.29. The summed E-state index contributed by atoms with van der Waals surface area (Å²) in [6.45, 7) is 2.94. The normalized spacial score (nSPS) is 23.4. The maximum absolute atomic E-state index is 13.5. The molecule has 1 aliphatic rings. The van der Waals surface area contributed by atoms with Crippen LogP contribution in [0, 0.1) is 5.82 Å². The molecule has 20 heavy (non-hydrogen) atoms. The van der Waals surface area contributed by atoms with E-state index < -0.39 is 0 Å². The van der Waals surface area contributed by atoms with E-state index in [-0.39, 0.29) is 17.9 Å². The number of likely N-dealkylation sites (N-methyl/N-ethyl adjacent to an activating group) is 2. The van der Waals surface area contributed by atoms with E-state index >= 15 is 0 Å². The Morgan fingerprint density at radius 3 is 2.80 bits per heavy atom. The number of benzene rings is 1. The molecule has 1 aliphatic heterocycles. The Labute approximate surface area is 120 Å². The predicted octanol–water partition coefficient (Wildman–Crippen LogP) is 1.47. The van der Waals surface area contributed by atoms with Crippen LogP contribution < -0.4 is 10.5 Å². The SMILES string of the molecule is COc1ccc(F)cc1C(N)C1CN(C)CCCN1C. The number of methoxy groups -OCH3 is 1. The monoisotopic (exact) mass is 281 g/mol. The first-order chi connectivity index (χ1) is 9.52. The van der Waals surface area contributed by atoms with Crippen LogP contribution in [-0.2, 0) is 0 Å². The molecule has 5 heteroatoms. The van der Waals surface area contributed by atoms with E-state index in [9.17, 15) is 4.39 Å². The minimum atomic E-state index is -0.277. The van der Waals surface area contributed by atoms with Gasteiger partial charge in [0.1, 0.15) is 11.6 Å². The van der Waals surface area contributed by atoms with Gasteiger partial charge in [0.25, 0.3) is 0 Å². The molecule has 2 rings (SSSR count). The average molecular weight is 281 g/mol. The maximum atomic E-state index is 13.5.